The summed E-state index contributed by atoms with van der Waals surface area (Å²) in [7, 11) is 0. The van der Waals surface area contributed by atoms with E-state index >= 15 is 0 Å². The number of carbonyl (C=O) groups is 1. The van der Waals surface area contributed by atoms with Crippen molar-refractivity contribution < 1.29 is 9.18 Å². The van der Waals surface area contributed by atoms with Gasteiger partial charge in [0.1, 0.15) is 5.82 Å². The Labute approximate surface area is 148 Å². The number of rotatable bonds is 2. The zero-order valence-corrected chi connectivity index (χ0v) is 15.0. The molecule has 2 saturated carbocycles. The Kier molecular flexibility index (Phi) is 3.99. The highest BCUT2D eigenvalue weighted by molar-refractivity contribution is 6.02. The lowest BCUT2D eigenvalue weighted by Gasteiger charge is -2.38. The smallest absolute Gasteiger partial charge is 0.169 e. The number of nitriles is 2. The Balaban J connectivity index is 1.90. The summed E-state index contributed by atoms with van der Waals surface area (Å²) >= 11 is 0. The first kappa shape index (κ1) is 17.6. The molecular formula is C21H23FN2O. The van der Waals surface area contributed by atoms with Crippen LogP contribution in [0, 0.1) is 56.6 Å². The van der Waals surface area contributed by atoms with Crippen LogP contribution in [0.2, 0.25) is 0 Å². The van der Waals surface area contributed by atoms with Crippen LogP contribution in [-0.2, 0) is 0 Å². The van der Waals surface area contributed by atoms with Crippen LogP contribution in [-0.4, -0.2) is 5.78 Å². The molecule has 3 nitrogen and oxygen atoms in total. The van der Waals surface area contributed by atoms with Gasteiger partial charge < -0.3 is 0 Å². The zero-order valence-electron chi connectivity index (χ0n) is 15.0. The second-order valence-corrected chi connectivity index (χ2v) is 8.63. The highest BCUT2D eigenvalue weighted by Gasteiger charge is 2.80. The third-order valence-electron chi connectivity index (χ3n) is 6.53. The van der Waals surface area contributed by atoms with Gasteiger partial charge in [-0.1, -0.05) is 20.8 Å². The van der Waals surface area contributed by atoms with E-state index in [1.54, 1.807) is 0 Å². The van der Waals surface area contributed by atoms with Crippen molar-refractivity contribution in [2.75, 3.05) is 0 Å². The van der Waals surface area contributed by atoms with Gasteiger partial charge in [-0.15, -0.1) is 0 Å². The quantitative estimate of drug-likeness (QED) is 0.721. The second-order valence-electron chi connectivity index (χ2n) is 8.63. The molecule has 1 aromatic carbocycles. The van der Waals surface area contributed by atoms with Crippen LogP contribution < -0.4 is 0 Å². The third-order valence-corrected chi connectivity index (χ3v) is 6.53. The van der Waals surface area contributed by atoms with Gasteiger partial charge in [-0.25, -0.2) is 4.39 Å². The number of ketones is 1. The summed E-state index contributed by atoms with van der Waals surface area (Å²) in [6.45, 7) is 6.64. The van der Waals surface area contributed by atoms with E-state index in [0.717, 1.165) is 25.7 Å². The van der Waals surface area contributed by atoms with Crippen LogP contribution in [0.1, 0.15) is 56.8 Å². The molecule has 25 heavy (non-hydrogen) atoms. The molecule has 0 N–H and O–H groups in total. The van der Waals surface area contributed by atoms with E-state index < -0.39 is 22.6 Å². The maximum atomic E-state index is 13.1. The van der Waals surface area contributed by atoms with E-state index in [1.807, 2.05) is 0 Å². The van der Waals surface area contributed by atoms with Crippen molar-refractivity contribution in [3.63, 3.8) is 0 Å². The van der Waals surface area contributed by atoms with Gasteiger partial charge in [0.2, 0.25) is 0 Å². The molecule has 1 aromatic rings. The Morgan fingerprint density at radius 2 is 1.64 bits per heavy atom. The Morgan fingerprint density at radius 1 is 1.12 bits per heavy atom. The van der Waals surface area contributed by atoms with E-state index in [1.165, 1.54) is 24.3 Å². The largest absolute Gasteiger partial charge is 0.294 e. The molecule has 1 spiro atoms. The molecule has 2 fully saturated rings. The summed E-state index contributed by atoms with van der Waals surface area (Å²) in [5, 5.41) is 19.5. The molecule has 0 aromatic heterocycles. The zero-order chi connectivity index (χ0) is 18.5. The van der Waals surface area contributed by atoms with E-state index in [9.17, 15) is 19.7 Å². The monoisotopic (exact) mass is 338 g/mol. The normalized spacial score (nSPS) is 30.3. The van der Waals surface area contributed by atoms with Gasteiger partial charge in [-0.2, -0.15) is 10.5 Å². The SMILES string of the molecule is CC(C)(C)C1CCC2(CC1)[C@H](C(=O)c1ccc(F)cc1)C2(C#N)C#N. The van der Waals surface area contributed by atoms with Crippen LogP contribution in [0.5, 0.6) is 0 Å². The summed E-state index contributed by atoms with van der Waals surface area (Å²) in [5.41, 5.74) is -1.20. The molecule has 130 valence electrons. The van der Waals surface area contributed by atoms with Gasteiger partial charge in [-0.05, 0) is 61.3 Å². The molecule has 0 aliphatic heterocycles. The molecule has 0 radical (unpaired) electrons. The molecule has 0 amide bonds. The molecule has 0 heterocycles. The first-order valence-electron chi connectivity index (χ1n) is 8.84. The fraction of sp³-hybridized carbons (Fsp3) is 0.571. The molecular weight excluding hydrogens is 315 g/mol. The summed E-state index contributed by atoms with van der Waals surface area (Å²) < 4.78 is 13.1. The standard InChI is InChI=1S/C21H23FN2O/c1-19(2,3)15-8-10-20(11-9-15)18(21(20,12-23)13-24)17(25)14-4-6-16(22)7-5-14/h4-7,15,18H,8-11H2,1-3H3/t15?,18-,20?/m0/s1. The molecule has 0 saturated heterocycles. The maximum absolute atomic E-state index is 13.1. The van der Waals surface area contributed by atoms with Crippen molar-refractivity contribution >= 4 is 5.78 Å². The minimum Gasteiger partial charge on any atom is -0.294 e. The highest BCUT2D eigenvalue weighted by atomic mass is 19.1. The van der Waals surface area contributed by atoms with E-state index in [2.05, 4.69) is 32.9 Å². The number of Topliss-reactive ketones (excluding diaryl/α,β-unsaturated/α-hetero) is 1. The van der Waals surface area contributed by atoms with Crippen molar-refractivity contribution in [3.8, 4) is 12.1 Å². The fourth-order valence-corrected chi connectivity index (χ4v) is 4.88. The van der Waals surface area contributed by atoms with Crippen molar-refractivity contribution in [1.29, 1.82) is 10.5 Å². The number of hydrogen-bond acceptors (Lipinski definition) is 3. The number of carbonyl (C=O) groups excluding carboxylic acids is 1. The van der Waals surface area contributed by atoms with Crippen LogP contribution in [0.4, 0.5) is 4.39 Å². The van der Waals surface area contributed by atoms with Crippen LogP contribution in [0.25, 0.3) is 0 Å². The van der Waals surface area contributed by atoms with Gasteiger partial charge in [0.15, 0.2) is 11.2 Å². The Hall–Kier alpha value is -2.20. The van der Waals surface area contributed by atoms with Gasteiger partial charge in [0.05, 0.1) is 18.1 Å². The topological polar surface area (TPSA) is 64.7 Å². The van der Waals surface area contributed by atoms with E-state index in [0.29, 0.717) is 11.5 Å². The number of hydrogen-bond donors (Lipinski definition) is 0. The van der Waals surface area contributed by atoms with Gasteiger partial charge in [0, 0.05) is 11.0 Å². The minimum absolute atomic E-state index is 0.189. The number of halogens is 1. The van der Waals surface area contributed by atoms with E-state index in [4.69, 9.17) is 0 Å². The summed E-state index contributed by atoms with van der Waals surface area (Å²) in [6.07, 6.45) is 3.32. The summed E-state index contributed by atoms with van der Waals surface area (Å²) in [5.74, 6) is -0.659. The van der Waals surface area contributed by atoms with Crippen molar-refractivity contribution in [1.82, 2.24) is 0 Å². The lowest BCUT2D eigenvalue weighted by atomic mass is 9.67. The molecule has 1 atom stereocenters. The van der Waals surface area contributed by atoms with Crippen LogP contribution in [0.15, 0.2) is 24.3 Å². The first-order valence-corrected chi connectivity index (χ1v) is 8.84. The Morgan fingerprint density at radius 3 is 2.08 bits per heavy atom. The van der Waals surface area contributed by atoms with Crippen molar-refractivity contribution in [2.45, 2.75) is 46.5 Å². The lowest BCUT2D eigenvalue weighted by molar-refractivity contribution is 0.0905. The number of benzene rings is 1. The van der Waals surface area contributed by atoms with Crippen LogP contribution >= 0.6 is 0 Å². The lowest BCUT2D eigenvalue weighted by Crippen LogP contribution is -2.29. The fourth-order valence-electron chi connectivity index (χ4n) is 4.88. The predicted octanol–water partition coefficient (Wildman–Crippen LogP) is 4.89. The molecule has 2 aliphatic carbocycles. The predicted molar refractivity (Wildman–Crippen MR) is 91.7 cm³/mol. The molecule has 3 rings (SSSR count). The highest BCUT2D eigenvalue weighted by Crippen LogP contribution is 2.76. The Bertz CT molecular complexity index is 754. The molecule has 4 heteroatoms. The average molecular weight is 338 g/mol. The molecule has 0 unspecified atom stereocenters. The van der Waals surface area contributed by atoms with Crippen molar-refractivity contribution in [2.24, 2.45) is 28.1 Å². The van der Waals surface area contributed by atoms with Gasteiger partial charge >= 0.3 is 0 Å². The number of nitrogens with zero attached hydrogens (tertiary/aromatic N) is 2. The molecule has 2 aliphatic rings. The van der Waals surface area contributed by atoms with Gasteiger partial charge in [0.25, 0.3) is 0 Å². The van der Waals surface area contributed by atoms with Gasteiger partial charge in [-0.3, -0.25) is 4.79 Å². The van der Waals surface area contributed by atoms with Crippen LogP contribution in [0.3, 0.4) is 0 Å². The summed E-state index contributed by atoms with van der Waals surface area (Å²) in [6, 6.07) is 9.74. The first-order chi connectivity index (χ1) is 11.7. The maximum Gasteiger partial charge on any atom is 0.169 e. The summed E-state index contributed by atoms with van der Waals surface area (Å²) in [4.78, 5) is 13.0. The van der Waals surface area contributed by atoms with Crippen molar-refractivity contribution in [3.05, 3.63) is 35.6 Å². The third kappa shape index (κ3) is 2.47. The molecule has 0 bridgehead atoms. The minimum atomic E-state index is -1.23. The van der Waals surface area contributed by atoms with E-state index in [-0.39, 0.29) is 11.2 Å². The second kappa shape index (κ2) is 5.67. The average Bonchev–Trinajstić information content (AvgIpc) is 3.15.